The van der Waals surface area contributed by atoms with Crippen LogP contribution in [0.1, 0.15) is 10.4 Å². The minimum absolute atomic E-state index is 0.329. The summed E-state index contributed by atoms with van der Waals surface area (Å²) >= 11 is 0. The van der Waals surface area contributed by atoms with Crippen molar-refractivity contribution in [3.05, 3.63) is 30.4 Å². The highest BCUT2D eigenvalue weighted by atomic mass is 16.4. The largest absolute Gasteiger partial charge is 0.480 e. The number of hydrogen-bond acceptors (Lipinski definition) is 5. The summed E-state index contributed by atoms with van der Waals surface area (Å²) < 4.78 is 1.53. The number of amides is 1. The van der Waals surface area contributed by atoms with Gasteiger partial charge in [-0.1, -0.05) is 0 Å². The van der Waals surface area contributed by atoms with Crippen LogP contribution in [0.15, 0.2) is 24.8 Å². The smallest absolute Gasteiger partial charge is 0.323 e. The minimum Gasteiger partial charge on any atom is -0.480 e. The molecule has 0 atom stereocenters. The minimum atomic E-state index is -1.04. The number of hydrogen-bond donors (Lipinski definition) is 1. The molecule has 0 fully saturated rings. The van der Waals surface area contributed by atoms with E-state index in [-0.39, 0.29) is 12.5 Å². The summed E-state index contributed by atoms with van der Waals surface area (Å²) in [4.78, 5) is 30.6. The number of carboxylic acid groups (broad SMARTS) is 1. The zero-order chi connectivity index (χ0) is 15.4. The quantitative estimate of drug-likeness (QED) is 0.794. The summed E-state index contributed by atoms with van der Waals surface area (Å²) in [5.74, 6) is -1.40. The highest BCUT2D eigenvalue weighted by Gasteiger charge is 2.21. The van der Waals surface area contributed by atoms with E-state index in [1.54, 1.807) is 12.4 Å². The summed E-state index contributed by atoms with van der Waals surface area (Å²) in [6.45, 7) is 0.566. The molecule has 1 amide bonds. The molecule has 8 heteroatoms. The fourth-order valence-electron chi connectivity index (χ4n) is 1.91. The van der Waals surface area contributed by atoms with Crippen LogP contribution in [0.3, 0.4) is 0 Å². The average Bonchev–Trinajstić information content (AvgIpc) is 2.86. The van der Waals surface area contributed by atoms with Gasteiger partial charge in [0.1, 0.15) is 6.54 Å². The lowest BCUT2D eigenvalue weighted by Gasteiger charge is -2.22. The summed E-state index contributed by atoms with van der Waals surface area (Å²) in [6.07, 6.45) is 6.16. The van der Waals surface area contributed by atoms with Crippen LogP contribution in [0.2, 0.25) is 0 Å². The number of aromatic nitrogens is 3. The third-order valence-corrected chi connectivity index (χ3v) is 2.99. The second kappa shape index (κ2) is 6.31. The van der Waals surface area contributed by atoms with Crippen molar-refractivity contribution in [1.29, 1.82) is 0 Å². The molecule has 0 aromatic carbocycles. The molecule has 0 spiro atoms. The molecular formula is C13H17N5O3. The van der Waals surface area contributed by atoms with Crippen molar-refractivity contribution >= 4 is 17.4 Å². The van der Waals surface area contributed by atoms with Gasteiger partial charge in [0.15, 0.2) is 0 Å². The number of carbonyl (C=O) groups is 2. The van der Waals surface area contributed by atoms with Gasteiger partial charge in [-0.15, -0.1) is 0 Å². The summed E-state index contributed by atoms with van der Waals surface area (Å²) in [5.41, 5.74) is 0.908. The van der Waals surface area contributed by atoms with Crippen LogP contribution in [-0.2, 0) is 4.79 Å². The molecule has 0 aliphatic rings. The average molecular weight is 291 g/mol. The van der Waals surface area contributed by atoms with Gasteiger partial charge in [-0.25, -0.2) is 4.52 Å². The first kappa shape index (κ1) is 14.9. The van der Waals surface area contributed by atoms with Gasteiger partial charge in [0.25, 0.3) is 5.91 Å². The molecule has 21 heavy (non-hydrogen) atoms. The molecule has 112 valence electrons. The number of rotatable bonds is 6. The van der Waals surface area contributed by atoms with Crippen molar-refractivity contribution in [2.24, 2.45) is 0 Å². The van der Waals surface area contributed by atoms with Crippen molar-refractivity contribution < 1.29 is 14.7 Å². The Morgan fingerprint density at radius 3 is 2.71 bits per heavy atom. The Bertz CT molecular complexity index is 652. The van der Waals surface area contributed by atoms with Gasteiger partial charge in [-0.2, -0.15) is 5.10 Å². The van der Waals surface area contributed by atoms with Crippen molar-refractivity contribution in [3.63, 3.8) is 0 Å². The lowest BCUT2D eigenvalue weighted by atomic mass is 10.2. The standard InChI is InChI=1S/C13H17N5O3/c1-16(2)5-6-17(9-12(19)20)13(21)10-7-15-18-4-3-14-8-11(10)18/h3-4,7-8H,5-6,9H2,1-2H3,(H,19,20). The molecule has 2 rings (SSSR count). The van der Waals surface area contributed by atoms with Crippen molar-refractivity contribution in [2.75, 3.05) is 33.7 Å². The predicted molar refractivity (Wildman–Crippen MR) is 75.1 cm³/mol. The van der Waals surface area contributed by atoms with Crippen molar-refractivity contribution in [1.82, 2.24) is 24.4 Å². The SMILES string of the molecule is CN(C)CCN(CC(=O)O)C(=O)c1cnn2ccncc12. The predicted octanol–water partition coefficient (Wildman–Crippen LogP) is -0.182. The molecule has 2 aromatic rings. The van der Waals surface area contributed by atoms with Crippen LogP contribution < -0.4 is 0 Å². The van der Waals surface area contributed by atoms with Gasteiger partial charge in [0.05, 0.1) is 23.5 Å². The number of carbonyl (C=O) groups excluding carboxylic acids is 1. The topological polar surface area (TPSA) is 91.0 Å². The zero-order valence-electron chi connectivity index (χ0n) is 11.9. The maximum Gasteiger partial charge on any atom is 0.323 e. The van der Waals surface area contributed by atoms with Gasteiger partial charge < -0.3 is 14.9 Å². The fourth-order valence-corrected chi connectivity index (χ4v) is 1.91. The van der Waals surface area contributed by atoms with Gasteiger partial charge in [-0.3, -0.25) is 14.6 Å². The van der Waals surface area contributed by atoms with Crippen LogP contribution in [0.4, 0.5) is 0 Å². The number of nitrogens with zero attached hydrogens (tertiary/aromatic N) is 5. The number of aliphatic carboxylic acids is 1. The molecule has 8 nitrogen and oxygen atoms in total. The third-order valence-electron chi connectivity index (χ3n) is 2.99. The van der Waals surface area contributed by atoms with Crippen LogP contribution in [0, 0.1) is 0 Å². The summed E-state index contributed by atoms with van der Waals surface area (Å²) in [6, 6.07) is 0. The van der Waals surface area contributed by atoms with Crippen LogP contribution in [0.5, 0.6) is 0 Å². The Morgan fingerprint density at radius 1 is 1.29 bits per heavy atom. The second-order valence-corrected chi connectivity index (χ2v) is 4.89. The van der Waals surface area contributed by atoms with Gasteiger partial charge in [0.2, 0.25) is 0 Å². The molecule has 2 aromatic heterocycles. The van der Waals surface area contributed by atoms with E-state index in [1.807, 2.05) is 19.0 Å². The highest BCUT2D eigenvalue weighted by molar-refractivity contribution is 6.01. The molecule has 0 bridgehead atoms. The van der Waals surface area contributed by atoms with E-state index >= 15 is 0 Å². The number of carboxylic acids is 1. The molecule has 0 radical (unpaired) electrons. The van der Waals surface area contributed by atoms with Gasteiger partial charge in [-0.05, 0) is 14.1 Å². The lowest BCUT2D eigenvalue weighted by Crippen LogP contribution is -2.40. The molecule has 0 unspecified atom stereocenters. The Morgan fingerprint density at radius 2 is 2.05 bits per heavy atom. The first-order valence-corrected chi connectivity index (χ1v) is 6.42. The highest BCUT2D eigenvalue weighted by Crippen LogP contribution is 2.12. The Balaban J connectivity index is 2.26. The van der Waals surface area contributed by atoms with Crippen molar-refractivity contribution in [3.8, 4) is 0 Å². The molecule has 0 aliphatic heterocycles. The van der Waals surface area contributed by atoms with E-state index in [0.29, 0.717) is 24.2 Å². The van der Waals surface area contributed by atoms with Crippen LogP contribution >= 0.6 is 0 Å². The summed E-state index contributed by atoms with van der Waals surface area (Å²) in [5, 5.41) is 13.0. The van der Waals surface area contributed by atoms with Crippen LogP contribution in [-0.4, -0.2) is 75.1 Å². The van der Waals surface area contributed by atoms with Crippen LogP contribution in [0.25, 0.3) is 5.52 Å². The molecule has 0 saturated heterocycles. The molecule has 2 heterocycles. The maximum absolute atomic E-state index is 12.5. The van der Waals surface area contributed by atoms with E-state index in [9.17, 15) is 9.59 Å². The Labute approximate surface area is 121 Å². The normalized spacial score (nSPS) is 11.0. The monoisotopic (exact) mass is 291 g/mol. The lowest BCUT2D eigenvalue weighted by molar-refractivity contribution is -0.137. The van der Waals surface area contributed by atoms with E-state index in [0.717, 1.165) is 0 Å². The van der Waals surface area contributed by atoms with Crippen molar-refractivity contribution in [2.45, 2.75) is 0 Å². The maximum atomic E-state index is 12.5. The first-order chi connectivity index (χ1) is 9.99. The molecule has 0 aliphatic carbocycles. The van der Waals surface area contributed by atoms with Gasteiger partial charge in [0, 0.05) is 25.5 Å². The first-order valence-electron chi connectivity index (χ1n) is 6.42. The number of fused-ring (bicyclic) bond motifs is 1. The van der Waals surface area contributed by atoms with E-state index in [1.165, 1.54) is 21.8 Å². The molecule has 0 saturated carbocycles. The van der Waals surface area contributed by atoms with E-state index in [2.05, 4.69) is 10.1 Å². The van der Waals surface area contributed by atoms with E-state index < -0.39 is 5.97 Å². The molecular weight excluding hydrogens is 274 g/mol. The summed E-state index contributed by atoms with van der Waals surface area (Å²) in [7, 11) is 3.73. The van der Waals surface area contributed by atoms with Gasteiger partial charge >= 0.3 is 5.97 Å². The number of likely N-dealkylation sites (N-methyl/N-ethyl adjacent to an activating group) is 1. The second-order valence-electron chi connectivity index (χ2n) is 4.89. The Kier molecular flexibility index (Phi) is 4.49. The molecule has 1 N–H and O–H groups in total. The zero-order valence-corrected chi connectivity index (χ0v) is 11.9. The van der Waals surface area contributed by atoms with E-state index in [4.69, 9.17) is 5.11 Å². The Hall–Kier alpha value is -2.48. The third kappa shape index (κ3) is 3.54. The fraction of sp³-hybridized carbons (Fsp3) is 0.385.